The Morgan fingerprint density at radius 3 is 2.64 bits per heavy atom. The zero-order chi connectivity index (χ0) is 15.5. The lowest BCUT2D eigenvalue weighted by Gasteiger charge is -2.30. The minimum atomic E-state index is 0.111. The fourth-order valence-corrected chi connectivity index (χ4v) is 3.63. The molecule has 3 rings (SSSR count). The summed E-state index contributed by atoms with van der Waals surface area (Å²) in [7, 11) is 0. The van der Waals surface area contributed by atoms with Crippen LogP contribution in [0.4, 0.5) is 0 Å². The predicted molar refractivity (Wildman–Crippen MR) is 92.4 cm³/mol. The molecule has 4 heteroatoms. The highest BCUT2D eigenvalue weighted by molar-refractivity contribution is 7.07. The van der Waals surface area contributed by atoms with Gasteiger partial charge in [0.25, 0.3) is 0 Å². The molecule has 1 amide bonds. The maximum absolute atomic E-state index is 12.7. The molecule has 1 aromatic carbocycles. The number of carbonyl (C=O) groups excluding carboxylic acids is 1. The van der Waals surface area contributed by atoms with Crippen LogP contribution in [0.2, 0.25) is 5.02 Å². The molecule has 1 aromatic heterocycles. The smallest absolute Gasteiger partial charge is 0.223 e. The lowest BCUT2D eigenvalue weighted by Crippen LogP contribution is -2.35. The Hall–Kier alpha value is -1.32. The number of benzene rings is 1. The van der Waals surface area contributed by atoms with E-state index in [4.69, 9.17) is 11.6 Å². The number of aryl methyl sites for hydroxylation is 1. The number of hydrogen-bond donors (Lipinski definition) is 0. The van der Waals surface area contributed by atoms with Crippen LogP contribution in [0.5, 0.6) is 0 Å². The fraction of sp³-hybridized carbons (Fsp3) is 0.389. The van der Waals surface area contributed by atoms with Gasteiger partial charge in [-0.3, -0.25) is 4.79 Å². The van der Waals surface area contributed by atoms with Crippen LogP contribution in [0.15, 0.2) is 41.1 Å². The molecule has 1 aliphatic carbocycles. The van der Waals surface area contributed by atoms with E-state index >= 15 is 0 Å². The van der Waals surface area contributed by atoms with E-state index in [0.717, 1.165) is 29.8 Å². The third-order valence-corrected chi connectivity index (χ3v) is 5.19. The van der Waals surface area contributed by atoms with Crippen molar-refractivity contribution in [1.29, 1.82) is 0 Å². The molecule has 0 radical (unpaired) electrons. The van der Waals surface area contributed by atoms with Gasteiger partial charge >= 0.3 is 0 Å². The van der Waals surface area contributed by atoms with Crippen LogP contribution < -0.4 is 0 Å². The van der Waals surface area contributed by atoms with Crippen molar-refractivity contribution < 1.29 is 4.79 Å². The zero-order valence-electron chi connectivity index (χ0n) is 12.7. The van der Waals surface area contributed by atoms with Crippen molar-refractivity contribution in [2.75, 3.05) is 0 Å². The Morgan fingerprint density at radius 2 is 2.05 bits per heavy atom. The highest BCUT2D eigenvalue weighted by Crippen LogP contribution is 2.35. The number of rotatable bonds is 6. The van der Waals surface area contributed by atoms with Gasteiger partial charge in [0.2, 0.25) is 5.91 Å². The Balaban J connectivity index is 1.68. The second-order valence-electron chi connectivity index (χ2n) is 5.89. The number of halogens is 1. The van der Waals surface area contributed by atoms with Crippen molar-refractivity contribution in [3.63, 3.8) is 0 Å². The Morgan fingerprint density at radius 1 is 1.32 bits per heavy atom. The summed E-state index contributed by atoms with van der Waals surface area (Å²) >= 11 is 7.65. The highest BCUT2D eigenvalue weighted by Gasteiger charge is 2.35. The summed E-state index contributed by atoms with van der Waals surface area (Å²) < 4.78 is 0. The average Bonchev–Trinajstić information content (AvgIpc) is 3.20. The summed E-state index contributed by atoms with van der Waals surface area (Å²) in [4.78, 5) is 14.8. The molecule has 0 N–H and O–H groups in total. The van der Waals surface area contributed by atoms with E-state index in [2.05, 4.69) is 28.7 Å². The second kappa shape index (κ2) is 6.84. The topological polar surface area (TPSA) is 20.3 Å². The monoisotopic (exact) mass is 333 g/mol. The van der Waals surface area contributed by atoms with Crippen molar-refractivity contribution >= 4 is 28.8 Å². The molecule has 0 spiro atoms. The van der Waals surface area contributed by atoms with Gasteiger partial charge in [-0.1, -0.05) is 23.7 Å². The zero-order valence-corrected chi connectivity index (χ0v) is 14.2. The number of hydrogen-bond acceptors (Lipinski definition) is 2. The average molecular weight is 334 g/mol. The van der Waals surface area contributed by atoms with E-state index < -0.39 is 0 Å². The molecule has 2 nitrogen and oxygen atoms in total. The molecule has 116 valence electrons. The molecule has 0 bridgehead atoms. The van der Waals surface area contributed by atoms with Crippen molar-refractivity contribution in [2.24, 2.45) is 0 Å². The third-order valence-electron chi connectivity index (χ3n) is 4.21. The second-order valence-corrected chi connectivity index (χ2v) is 7.11. The molecule has 22 heavy (non-hydrogen) atoms. The lowest BCUT2D eigenvalue weighted by molar-refractivity contribution is -0.134. The fourth-order valence-electron chi connectivity index (χ4n) is 2.81. The van der Waals surface area contributed by atoms with Crippen LogP contribution in [0, 0.1) is 0 Å². The highest BCUT2D eigenvalue weighted by atomic mass is 35.5. The maximum atomic E-state index is 12.7. The van der Waals surface area contributed by atoms with Crippen LogP contribution in [0.1, 0.15) is 43.4 Å². The molecule has 1 aliphatic rings. The Bertz CT molecular complexity index is 619. The van der Waals surface area contributed by atoms with Gasteiger partial charge in [0.15, 0.2) is 0 Å². The van der Waals surface area contributed by atoms with Gasteiger partial charge in [0, 0.05) is 17.5 Å². The molecule has 1 unspecified atom stereocenters. The predicted octanol–water partition coefficient (Wildman–Crippen LogP) is 5.09. The van der Waals surface area contributed by atoms with Gasteiger partial charge in [-0.2, -0.15) is 11.3 Å². The molecular formula is C18H20ClNOS. The quantitative estimate of drug-likeness (QED) is 0.721. The standard InChI is InChI=1S/C18H20ClNOS/c1-13(15-3-5-16(19)6-4-15)20(17-7-8-17)18(21)9-2-14-10-11-22-12-14/h3-6,10-13,17H,2,7-9H2,1H3. The normalized spacial score (nSPS) is 15.5. The molecule has 2 aromatic rings. The van der Waals surface area contributed by atoms with Crippen molar-refractivity contribution in [3.05, 3.63) is 57.2 Å². The van der Waals surface area contributed by atoms with E-state index in [1.807, 2.05) is 24.3 Å². The summed E-state index contributed by atoms with van der Waals surface area (Å²) in [5.74, 6) is 0.260. The number of amides is 1. The van der Waals surface area contributed by atoms with Crippen LogP contribution in [0.3, 0.4) is 0 Å². The van der Waals surface area contributed by atoms with Gasteiger partial charge < -0.3 is 4.90 Å². The molecule has 1 heterocycles. The van der Waals surface area contributed by atoms with E-state index in [9.17, 15) is 4.79 Å². The first-order chi connectivity index (χ1) is 10.6. The Kier molecular flexibility index (Phi) is 4.84. The Labute approximate surface area is 140 Å². The summed E-state index contributed by atoms with van der Waals surface area (Å²) in [6.07, 6.45) is 3.67. The lowest BCUT2D eigenvalue weighted by atomic mass is 10.1. The molecule has 1 saturated carbocycles. The van der Waals surface area contributed by atoms with Gasteiger partial charge in [-0.15, -0.1) is 0 Å². The number of carbonyl (C=O) groups is 1. The number of thiophene rings is 1. The first-order valence-corrected chi connectivity index (χ1v) is 9.05. The van der Waals surface area contributed by atoms with Crippen LogP contribution >= 0.6 is 22.9 Å². The number of nitrogens with zero attached hydrogens (tertiary/aromatic N) is 1. The first kappa shape index (κ1) is 15.6. The van der Waals surface area contributed by atoms with Crippen LogP contribution in [-0.2, 0) is 11.2 Å². The minimum Gasteiger partial charge on any atom is -0.333 e. The summed E-state index contributed by atoms with van der Waals surface area (Å²) in [6.45, 7) is 2.12. The van der Waals surface area contributed by atoms with Crippen molar-refractivity contribution in [3.8, 4) is 0 Å². The molecule has 1 atom stereocenters. The van der Waals surface area contributed by atoms with E-state index in [0.29, 0.717) is 12.5 Å². The van der Waals surface area contributed by atoms with Crippen molar-refractivity contribution in [1.82, 2.24) is 4.90 Å². The van der Waals surface area contributed by atoms with E-state index in [1.165, 1.54) is 5.56 Å². The first-order valence-electron chi connectivity index (χ1n) is 7.73. The van der Waals surface area contributed by atoms with Crippen LogP contribution in [-0.4, -0.2) is 16.8 Å². The van der Waals surface area contributed by atoms with Crippen LogP contribution in [0.25, 0.3) is 0 Å². The molecule has 0 aliphatic heterocycles. The third kappa shape index (κ3) is 3.71. The van der Waals surface area contributed by atoms with E-state index in [-0.39, 0.29) is 11.9 Å². The van der Waals surface area contributed by atoms with Gasteiger partial charge in [-0.25, -0.2) is 0 Å². The summed E-state index contributed by atoms with van der Waals surface area (Å²) in [5.41, 5.74) is 2.41. The van der Waals surface area contributed by atoms with Gasteiger partial charge in [-0.05, 0) is 66.3 Å². The SMILES string of the molecule is CC(c1ccc(Cl)cc1)N(C(=O)CCc1ccsc1)C1CC1. The van der Waals surface area contributed by atoms with Gasteiger partial charge in [0.05, 0.1) is 6.04 Å². The molecule has 1 fully saturated rings. The van der Waals surface area contributed by atoms with Crippen molar-refractivity contribution in [2.45, 2.75) is 44.7 Å². The largest absolute Gasteiger partial charge is 0.333 e. The molecular weight excluding hydrogens is 314 g/mol. The molecule has 0 saturated heterocycles. The summed E-state index contributed by atoms with van der Waals surface area (Å²) in [6, 6.07) is 10.5. The minimum absolute atomic E-state index is 0.111. The van der Waals surface area contributed by atoms with Gasteiger partial charge in [0.1, 0.15) is 0 Å². The maximum Gasteiger partial charge on any atom is 0.223 e. The summed E-state index contributed by atoms with van der Waals surface area (Å²) in [5, 5.41) is 4.92. The van der Waals surface area contributed by atoms with E-state index in [1.54, 1.807) is 11.3 Å².